The first-order valence-electron chi connectivity index (χ1n) is 6.20. The number of rotatable bonds is 1. The van der Waals surface area contributed by atoms with E-state index in [9.17, 15) is 0 Å². The van der Waals surface area contributed by atoms with Gasteiger partial charge in [-0.05, 0) is 32.7 Å². The lowest BCUT2D eigenvalue weighted by atomic mass is 9.91. The molecule has 2 aliphatic rings. The van der Waals surface area contributed by atoms with Gasteiger partial charge in [0, 0.05) is 31.8 Å². The Morgan fingerprint density at radius 1 is 1.40 bits per heavy atom. The molecule has 3 unspecified atom stereocenters. The van der Waals surface area contributed by atoms with Gasteiger partial charge in [0.05, 0.1) is 6.10 Å². The highest BCUT2D eigenvalue weighted by Gasteiger charge is 2.42. The molecule has 1 N–H and O–H groups in total. The summed E-state index contributed by atoms with van der Waals surface area (Å²) < 4.78 is 5.74. The SMILES string of the molecule is CC1CNCCN(C2(C)CCOC2C)C1. The Balaban J connectivity index is 2.07. The van der Waals surface area contributed by atoms with E-state index in [1.807, 2.05) is 0 Å². The Hall–Kier alpha value is -0.120. The van der Waals surface area contributed by atoms with Crippen LogP contribution in [-0.2, 0) is 4.74 Å². The molecule has 0 saturated carbocycles. The van der Waals surface area contributed by atoms with E-state index in [1.54, 1.807) is 0 Å². The lowest BCUT2D eigenvalue weighted by Crippen LogP contribution is -2.52. The molecule has 0 amide bonds. The molecule has 2 heterocycles. The van der Waals surface area contributed by atoms with Crippen LogP contribution in [0, 0.1) is 5.92 Å². The maximum atomic E-state index is 5.74. The fourth-order valence-corrected chi connectivity index (χ4v) is 2.80. The standard InChI is InChI=1S/C12H24N2O/c1-10-8-13-5-6-14(9-10)12(3)4-7-15-11(12)2/h10-11,13H,4-9H2,1-3H3. The van der Waals surface area contributed by atoms with E-state index >= 15 is 0 Å². The summed E-state index contributed by atoms with van der Waals surface area (Å²) >= 11 is 0. The molecule has 0 radical (unpaired) electrons. The second kappa shape index (κ2) is 4.40. The summed E-state index contributed by atoms with van der Waals surface area (Å²) in [5, 5.41) is 3.50. The molecule has 0 spiro atoms. The largest absolute Gasteiger partial charge is 0.377 e. The molecule has 2 aliphatic heterocycles. The lowest BCUT2D eigenvalue weighted by molar-refractivity contribution is 0.0187. The zero-order chi connectivity index (χ0) is 10.9. The Kier molecular flexibility index (Phi) is 3.33. The van der Waals surface area contributed by atoms with E-state index in [2.05, 4.69) is 31.0 Å². The molecule has 2 fully saturated rings. The summed E-state index contributed by atoms with van der Waals surface area (Å²) in [5.41, 5.74) is 0.264. The number of nitrogens with zero attached hydrogens (tertiary/aromatic N) is 1. The van der Waals surface area contributed by atoms with Crippen LogP contribution < -0.4 is 5.32 Å². The maximum absolute atomic E-state index is 5.74. The molecule has 0 aromatic carbocycles. The minimum absolute atomic E-state index is 0.264. The van der Waals surface area contributed by atoms with Crippen molar-refractivity contribution in [2.24, 2.45) is 5.92 Å². The number of ether oxygens (including phenoxy) is 1. The van der Waals surface area contributed by atoms with Crippen molar-refractivity contribution in [1.82, 2.24) is 10.2 Å². The minimum Gasteiger partial charge on any atom is -0.377 e. The molecule has 88 valence electrons. The quantitative estimate of drug-likeness (QED) is 0.704. The topological polar surface area (TPSA) is 24.5 Å². The normalized spacial score (nSPS) is 44.2. The van der Waals surface area contributed by atoms with Crippen molar-refractivity contribution in [3.63, 3.8) is 0 Å². The van der Waals surface area contributed by atoms with Crippen LogP contribution in [0.3, 0.4) is 0 Å². The number of hydrogen-bond acceptors (Lipinski definition) is 3. The van der Waals surface area contributed by atoms with Gasteiger partial charge in [-0.25, -0.2) is 0 Å². The first kappa shape index (κ1) is 11.4. The van der Waals surface area contributed by atoms with Crippen LogP contribution >= 0.6 is 0 Å². The molecular formula is C12H24N2O. The molecule has 15 heavy (non-hydrogen) atoms. The van der Waals surface area contributed by atoms with E-state index < -0.39 is 0 Å². The highest BCUT2D eigenvalue weighted by Crippen LogP contribution is 2.32. The first-order chi connectivity index (χ1) is 7.13. The monoisotopic (exact) mass is 212 g/mol. The molecule has 0 aliphatic carbocycles. The highest BCUT2D eigenvalue weighted by molar-refractivity contribution is 4.97. The lowest BCUT2D eigenvalue weighted by Gasteiger charge is -2.40. The predicted octanol–water partition coefficient (Wildman–Crippen LogP) is 1.10. The molecule has 3 heteroatoms. The number of hydrogen-bond donors (Lipinski definition) is 1. The summed E-state index contributed by atoms with van der Waals surface area (Å²) in [5.74, 6) is 0.747. The van der Waals surface area contributed by atoms with Gasteiger partial charge in [0.1, 0.15) is 0 Å². The fourth-order valence-electron chi connectivity index (χ4n) is 2.80. The molecule has 0 aromatic rings. The van der Waals surface area contributed by atoms with Crippen molar-refractivity contribution in [2.45, 2.75) is 38.8 Å². The van der Waals surface area contributed by atoms with Crippen LogP contribution in [0.5, 0.6) is 0 Å². The Bertz CT molecular complexity index is 222. The van der Waals surface area contributed by atoms with Crippen molar-refractivity contribution >= 4 is 0 Å². The van der Waals surface area contributed by atoms with Gasteiger partial charge in [-0.2, -0.15) is 0 Å². The number of nitrogens with one attached hydrogen (secondary N) is 1. The van der Waals surface area contributed by atoms with E-state index in [0.29, 0.717) is 6.10 Å². The third kappa shape index (κ3) is 2.19. The Morgan fingerprint density at radius 3 is 2.87 bits per heavy atom. The smallest absolute Gasteiger partial charge is 0.0728 e. The first-order valence-corrected chi connectivity index (χ1v) is 6.20. The van der Waals surface area contributed by atoms with Crippen molar-refractivity contribution in [2.75, 3.05) is 32.8 Å². The molecule has 3 nitrogen and oxygen atoms in total. The van der Waals surface area contributed by atoms with Gasteiger partial charge < -0.3 is 10.1 Å². The Morgan fingerprint density at radius 2 is 2.20 bits per heavy atom. The van der Waals surface area contributed by atoms with Crippen molar-refractivity contribution in [1.29, 1.82) is 0 Å². The van der Waals surface area contributed by atoms with Crippen molar-refractivity contribution < 1.29 is 4.74 Å². The van der Waals surface area contributed by atoms with Gasteiger partial charge in [0.15, 0.2) is 0 Å². The van der Waals surface area contributed by atoms with Crippen LogP contribution in [0.15, 0.2) is 0 Å². The van der Waals surface area contributed by atoms with E-state index in [0.717, 1.165) is 32.2 Å². The van der Waals surface area contributed by atoms with Gasteiger partial charge in [-0.3, -0.25) is 4.90 Å². The van der Waals surface area contributed by atoms with E-state index in [1.165, 1.54) is 13.0 Å². The summed E-state index contributed by atoms with van der Waals surface area (Å²) in [6, 6.07) is 0. The van der Waals surface area contributed by atoms with Gasteiger partial charge in [0.25, 0.3) is 0 Å². The minimum atomic E-state index is 0.264. The average Bonchev–Trinajstić information content (AvgIpc) is 2.42. The fraction of sp³-hybridized carbons (Fsp3) is 1.00. The third-order valence-corrected chi connectivity index (χ3v) is 4.16. The highest BCUT2D eigenvalue weighted by atomic mass is 16.5. The van der Waals surface area contributed by atoms with Crippen molar-refractivity contribution in [3.05, 3.63) is 0 Å². The third-order valence-electron chi connectivity index (χ3n) is 4.16. The van der Waals surface area contributed by atoms with Crippen LogP contribution in [0.25, 0.3) is 0 Å². The van der Waals surface area contributed by atoms with E-state index in [-0.39, 0.29) is 5.54 Å². The van der Waals surface area contributed by atoms with Crippen molar-refractivity contribution in [3.8, 4) is 0 Å². The average molecular weight is 212 g/mol. The maximum Gasteiger partial charge on any atom is 0.0728 e. The van der Waals surface area contributed by atoms with Gasteiger partial charge in [-0.15, -0.1) is 0 Å². The summed E-state index contributed by atoms with van der Waals surface area (Å²) in [4.78, 5) is 2.63. The molecular weight excluding hydrogens is 188 g/mol. The molecule has 2 saturated heterocycles. The second-order valence-electron chi connectivity index (χ2n) is 5.38. The predicted molar refractivity (Wildman–Crippen MR) is 62.0 cm³/mol. The van der Waals surface area contributed by atoms with E-state index in [4.69, 9.17) is 4.74 Å². The zero-order valence-corrected chi connectivity index (χ0v) is 10.3. The van der Waals surface area contributed by atoms with Crippen LogP contribution in [0.1, 0.15) is 27.2 Å². The summed E-state index contributed by atoms with van der Waals surface area (Å²) in [7, 11) is 0. The second-order valence-corrected chi connectivity index (χ2v) is 5.38. The zero-order valence-electron chi connectivity index (χ0n) is 10.3. The summed E-state index contributed by atoms with van der Waals surface area (Å²) in [6.07, 6.45) is 1.56. The molecule has 0 bridgehead atoms. The van der Waals surface area contributed by atoms with Gasteiger partial charge >= 0.3 is 0 Å². The summed E-state index contributed by atoms with van der Waals surface area (Å²) in [6.45, 7) is 12.5. The Labute approximate surface area is 93.2 Å². The molecule has 0 aromatic heterocycles. The van der Waals surface area contributed by atoms with Gasteiger partial charge in [-0.1, -0.05) is 6.92 Å². The van der Waals surface area contributed by atoms with Crippen LogP contribution in [0.2, 0.25) is 0 Å². The molecule has 3 atom stereocenters. The molecule has 2 rings (SSSR count). The van der Waals surface area contributed by atoms with Crippen LogP contribution in [0.4, 0.5) is 0 Å². The van der Waals surface area contributed by atoms with Gasteiger partial charge in [0.2, 0.25) is 0 Å². The van der Waals surface area contributed by atoms with Crippen LogP contribution in [-0.4, -0.2) is 49.3 Å².